The minimum absolute atomic E-state index is 0.0138. The Morgan fingerprint density at radius 1 is 1.07 bits per heavy atom. The first-order valence-electron chi connectivity index (χ1n) is 13.4. The van der Waals surface area contributed by atoms with Gasteiger partial charge in [-0.15, -0.1) is 11.8 Å². The second-order valence-electron chi connectivity index (χ2n) is 11.0. The molecule has 2 aliphatic heterocycles. The van der Waals surface area contributed by atoms with Gasteiger partial charge < -0.3 is 14.4 Å². The molecule has 0 bridgehead atoms. The summed E-state index contributed by atoms with van der Waals surface area (Å²) in [5, 5.41) is 9.18. The summed E-state index contributed by atoms with van der Waals surface area (Å²) in [7, 11) is 0. The molecular formula is C30H36N4O5S. The second kappa shape index (κ2) is 13.2. The summed E-state index contributed by atoms with van der Waals surface area (Å²) in [5.74, 6) is 0.977. The van der Waals surface area contributed by atoms with E-state index in [-0.39, 0.29) is 31.6 Å². The van der Waals surface area contributed by atoms with Crippen LogP contribution in [0.15, 0.2) is 54.6 Å². The number of hydrogen-bond acceptors (Lipinski definition) is 8. The van der Waals surface area contributed by atoms with Gasteiger partial charge in [0, 0.05) is 31.4 Å². The Labute approximate surface area is 240 Å². The molecule has 2 aliphatic rings. The van der Waals surface area contributed by atoms with Crippen molar-refractivity contribution in [2.75, 3.05) is 31.3 Å². The van der Waals surface area contributed by atoms with Crippen molar-refractivity contribution >= 4 is 29.7 Å². The van der Waals surface area contributed by atoms with Crippen LogP contribution in [0, 0.1) is 11.3 Å². The normalized spacial score (nSPS) is 19.0. The van der Waals surface area contributed by atoms with Crippen molar-refractivity contribution in [3.63, 3.8) is 0 Å². The van der Waals surface area contributed by atoms with Gasteiger partial charge in [-0.2, -0.15) is 5.26 Å². The summed E-state index contributed by atoms with van der Waals surface area (Å²) < 4.78 is 11.3. The van der Waals surface area contributed by atoms with Crippen LogP contribution < -0.4 is 0 Å². The number of nitriles is 1. The molecule has 0 aliphatic carbocycles. The summed E-state index contributed by atoms with van der Waals surface area (Å²) >= 11 is 1.69. The first kappa shape index (κ1) is 29.4. The molecule has 0 N–H and O–H groups in total. The average Bonchev–Trinajstić information content (AvgIpc) is 3.62. The zero-order chi connectivity index (χ0) is 28.7. The third-order valence-electron chi connectivity index (χ3n) is 6.82. The summed E-state index contributed by atoms with van der Waals surface area (Å²) in [6, 6.07) is 17.8. The van der Waals surface area contributed by atoms with Gasteiger partial charge in [-0.1, -0.05) is 42.5 Å². The molecule has 2 heterocycles. The van der Waals surface area contributed by atoms with Crippen LogP contribution in [0.3, 0.4) is 0 Å². The first-order valence-corrected chi connectivity index (χ1v) is 14.6. The number of esters is 1. The third-order valence-corrected chi connectivity index (χ3v) is 7.78. The number of rotatable bonds is 8. The van der Waals surface area contributed by atoms with Gasteiger partial charge in [0.15, 0.2) is 0 Å². The highest BCUT2D eigenvalue weighted by Gasteiger charge is 2.45. The quantitative estimate of drug-likeness (QED) is 0.443. The molecular weight excluding hydrogens is 528 g/mol. The maximum atomic E-state index is 13.5. The lowest BCUT2D eigenvalue weighted by molar-refractivity contribution is -0.147. The van der Waals surface area contributed by atoms with E-state index in [1.165, 1.54) is 4.90 Å². The van der Waals surface area contributed by atoms with E-state index in [1.807, 2.05) is 47.4 Å². The third kappa shape index (κ3) is 7.99. The number of likely N-dealkylation sites (tertiary alicyclic amines) is 1. The maximum absolute atomic E-state index is 13.5. The minimum Gasteiger partial charge on any atom is -0.460 e. The van der Waals surface area contributed by atoms with Gasteiger partial charge >= 0.3 is 12.1 Å². The molecule has 212 valence electrons. The van der Waals surface area contributed by atoms with Gasteiger partial charge in [-0.05, 0) is 50.5 Å². The van der Waals surface area contributed by atoms with Gasteiger partial charge in [0.2, 0.25) is 5.91 Å². The highest BCUT2D eigenvalue weighted by molar-refractivity contribution is 7.99. The van der Waals surface area contributed by atoms with Crippen molar-refractivity contribution in [2.24, 2.45) is 0 Å². The maximum Gasteiger partial charge on any atom is 0.411 e. The Morgan fingerprint density at radius 3 is 2.42 bits per heavy atom. The number of hydrogen-bond donors (Lipinski definition) is 0. The van der Waals surface area contributed by atoms with Crippen molar-refractivity contribution in [3.05, 3.63) is 71.3 Å². The van der Waals surface area contributed by atoms with Gasteiger partial charge in [-0.25, -0.2) is 4.79 Å². The van der Waals surface area contributed by atoms with Gasteiger partial charge in [0.25, 0.3) is 0 Å². The summed E-state index contributed by atoms with van der Waals surface area (Å²) in [6.07, 6.45) is -0.160. The van der Waals surface area contributed by atoms with Crippen molar-refractivity contribution in [2.45, 2.75) is 58.0 Å². The number of nitrogens with zero attached hydrogens (tertiary/aromatic N) is 4. The Hall–Kier alpha value is -3.55. The molecule has 2 atom stereocenters. The van der Waals surface area contributed by atoms with E-state index in [4.69, 9.17) is 9.47 Å². The van der Waals surface area contributed by atoms with Crippen LogP contribution in [0.2, 0.25) is 0 Å². The predicted octanol–water partition coefficient (Wildman–Crippen LogP) is 4.01. The van der Waals surface area contributed by atoms with Gasteiger partial charge in [0.1, 0.15) is 18.2 Å². The second-order valence-corrected chi connectivity index (χ2v) is 12.1. The summed E-state index contributed by atoms with van der Waals surface area (Å²) in [5.41, 5.74) is 1.63. The van der Waals surface area contributed by atoms with Crippen LogP contribution in [0.25, 0.3) is 0 Å². The first-order chi connectivity index (χ1) is 19.1. The number of thioether (sulfide) groups is 1. The van der Waals surface area contributed by atoms with Crippen molar-refractivity contribution < 1.29 is 23.9 Å². The number of carbonyl (C=O) groups is 3. The fourth-order valence-corrected chi connectivity index (χ4v) is 5.77. The average molecular weight is 565 g/mol. The molecule has 2 fully saturated rings. The SMILES string of the molecule is CC(C)(C)OC(=O)N1C[C@@H](N(CC(=O)OCc2ccccc2)Cc2ccc(C#N)cc2)C[C@H]1C(=O)N1CCSC1. The molecule has 2 aromatic carbocycles. The van der Waals surface area contributed by atoms with E-state index in [2.05, 4.69) is 6.07 Å². The van der Waals surface area contributed by atoms with Crippen LogP contribution >= 0.6 is 11.8 Å². The van der Waals surface area contributed by atoms with Crippen LogP contribution in [-0.2, 0) is 32.2 Å². The van der Waals surface area contributed by atoms with Crippen LogP contribution in [0.4, 0.5) is 4.79 Å². The van der Waals surface area contributed by atoms with Crippen LogP contribution in [-0.4, -0.2) is 81.6 Å². The number of benzene rings is 2. The van der Waals surface area contributed by atoms with E-state index in [1.54, 1.807) is 49.6 Å². The van der Waals surface area contributed by atoms with Crippen molar-refractivity contribution in [3.8, 4) is 6.07 Å². The van der Waals surface area contributed by atoms with Crippen LogP contribution in [0.5, 0.6) is 0 Å². The molecule has 0 radical (unpaired) electrons. The van der Waals surface area contributed by atoms with Crippen molar-refractivity contribution in [1.29, 1.82) is 5.26 Å². The number of ether oxygens (including phenoxy) is 2. The van der Waals surface area contributed by atoms with E-state index in [0.29, 0.717) is 31.0 Å². The lowest BCUT2D eigenvalue weighted by atomic mass is 10.1. The highest BCUT2D eigenvalue weighted by atomic mass is 32.2. The lowest BCUT2D eigenvalue weighted by Gasteiger charge is -2.30. The monoisotopic (exact) mass is 564 g/mol. The molecule has 0 unspecified atom stereocenters. The van der Waals surface area contributed by atoms with E-state index >= 15 is 0 Å². The Balaban J connectivity index is 1.55. The summed E-state index contributed by atoms with van der Waals surface area (Å²) in [6.45, 7) is 6.82. The Morgan fingerprint density at radius 2 is 1.80 bits per heavy atom. The molecule has 40 heavy (non-hydrogen) atoms. The van der Waals surface area contributed by atoms with E-state index in [0.717, 1.165) is 16.9 Å². The number of amides is 2. The Kier molecular flexibility index (Phi) is 9.71. The molecule has 2 amide bonds. The largest absolute Gasteiger partial charge is 0.460 e. The molecule has 2 aromatic rings. The highest BCUT2D eigenvalue weighted by Crippen LogP contribution is 2.29. The molecule has 4 rings (SSSR count). The molecule has 0 spiro atoms. The van der Waals surface area contributed by atoms with Gasteiger partial charge in [-0.3, -0.25) is 19.4 Å². The lowest BCUT2D eigenvalue weighted by Crippen LogP contribution is -2.48. The molecule has 9 nitrogen and oxygen atoms in total. The molecule has 10 heteroatoms. The van der Waals surface area contributed by atoms with Gasteiger partial charge in [0.05, 0.1) is 24.1 Å². The smallest absolute Gasteiger partial charge is 0.411 e. The zero-order valence-corrected chi connectivity index (χ0v) is 24.1. The fourth-order valence-electron chi connectivity index (χ4n) is 4.82. The molecule has 0 saturated carbocycles. The van der Waals surface area contributed by atoms with Crippen molar-refractivity contribution in [1.82, 2.24) is 14.7 Å². The molecule has 2 saturated heterocycles. The topological polar surface area (TPSA) is 103 Å². The number of carbonyl (C=O) groups excluding carboxylic acids is 3. The standard InChI is InChI=1S/C30H36N4O5S/c1-30(2,3)39-29(37)34-18-25(15-26(34)28(36)32-13-14-40-21-32)33(17-23-11-9-22(16-31)10-12-23)19-27(35)38-20-24-7-5-4-6-8-24/h4-12,25-26H,13-15,17-21H2,1-3H3/t25-,26-/m0/s1. The fraction of sp³-hybridized carbons (Fsp3) is 0.467. The zero-order valence-electron chi connectivity index (χ0n) is 23.2. The Bertz CT molecular complexity index is 1220. The minimum atomic E-state index is -0.713. The van der Waals surface area contributed by atoms with E-state index in [9.17, 15) is 19.6 Å². The predicted molar refractivity (Wildman–Crippen MR) is 152 cm³/mol. The van der Waals surface area contributed by atoms with E-state index < -0.39 is 23.7 Å². The van der Waals surface area contributed by atoms with Crippen LogP contribution in [0.1, 0.15) is 43.9 Å². The molecule has 0 aromatic heterocycles. The summed E-state index contributed by atoms with van der Waals surface area (Å²) in [4.78, 5) is 45.1.